The molecule has 0 spiro atoms. The van der Waals surface area contributed by atoms with Crippen LogP contribution in [0.3, 0.4) is 0 Å². The molecule has 0 fully saturated rings. The lowest BCUT2D eigenvalue weighted by Crippen LogP contribution is -2.19. The number of anilines is 1. The van der Waals surface area contributed by atoms with Gasteiger partial charge >= 0.3 is 5.97 Å². The molecule has 0 bridgehead atoms. The number of carboxylic acids is 1. The smallest absolute Gasteiger partial charge is 0.337 e. The van der Waals surface area contributed by atoms with E-state index in [1.807, 2.05) is 19.0 Å². The first-order chi connectivity index (χ1) is 8.04. The summed E-state index contributed by atoms with van der Waals surface area (Å²) in [5.41, 5.74) is 0.798. The lowest BCUT2D eigenvalue weighted by molar-refractivity contribution is 0.0698. The lowest BCUT2D eigenvalue weighted by Gasteiger charge is -2.12. The summed E-state index contributed by atoms with van der Waals surface area (Å²) in [4.78, 5) is 12.9. The minimum Gasteiger partial charge on any atom is -0.492 e. The Morgan fingerprint density at radius 1 is 1.47 bits per heavy atom. The Morgan fingerprint density at radius 3 is 2.71 bits per heavy atom. The number of hydrogen-bond donors (Lipinski definition) is 2. The molecule has 2 N–H and O–H groups in total. The molecule has 0 saturated carbocycles. The highest BCUT2D eigenvalue weighted by molar-refractivity contribution is 5.94. The Bertz CT molecular complexity index is 391. The number of nitrogens with zero attached hydrogens (tertiary/aromatic N) is 1. The molecular formula is C12H18N2O3. The SMILES string of the molecule is CNc1cc(OCCN(C)C)ccc1C(=O)O. The van der Waals surface area contributed by atoms with E-state index in [-0.39, 0.29) is 5.56 Å². The molecule has 1 aromatic rings. The number of ether oxygens (including phenoxy) is 1. The maximum Gasteiger partial charge on any atom is 0.337 e. The summed E-state index contributed by atoms with van der Waals surface area (Å²) < 4.78 is 5.52. The molecular weight excluding hydrogens is 220 g/mol. The fourth-order valence-corrected chi connectivity index (χ4v) is 1.35. The standard InChI is InChI=1S/C12H18N2O3/c1-13-11-8-9(17-7-6-14(2)3)4-5-10(11)12(15)16/h4-5,8,13H,6-7H2,1-3H3,(H,15,16). The average molecular weight is 238 g/mol. The third-order valence-corrected chi connectivity index (χ3v) is 2.30. The van der Waals surface area contributed by atoms with E-state index in [9.17, 15) is 4.79 Å². The summed E-state index contributed by atoms with van der Waals surface area (Å²) >= 11 is 0. The van der Waals surface area contributed by atoms with Gasteiger partial charge in [0.2, 0.25) is 0 Å². The quantitative estimate of drug-likeness (QED) is 0.783. The van der Waals surface area contributed by atoms with Crippen LogP contribution in [-0.2, 0) is 0 Å². The zero-order valence-corrected chi connectivity index (χ0v) is 10.4. The molecule has 94 valence electrons. The molecule has 0 unspecified atom stereocenters. The second kappa shape index (κ2) is 6.10. The molecule has 1 rings (SSSR count). The van der Waals surface area contributed by atoms with Gasteiger partial charge in [-0.15, -0.1) is 0 Å². The molecule has 0 radical (unpaired) electrons. The topological polar surface area (TPSA) is 61.8 Å². The van der Waals surface area contributed by atoms with Crippen molar-refractivity contribution < 1.29 is 14.6 Å². The predicted molar refractivity (Wildman–Crippen MR) is 67.0 cm³/mol. The molecule has 0 amide bonds. The van der Waals surface area contributed by atoms with E-state index in [0.29, 0.717) is 18.0 Å². The van der Waals surface area contributed by atoms with Gasteiger partial charge in [-0.25, -0.2) is 4.79 Å². The normalized spacial score (nSPS) is 10.4. The number of carboxylic acid groups (broad SMARTS) is 1. The van der Waals surface area contributed by atoms with Crippen molar-refractivity contribution in [2.45, 2.75) is 0 Å². The van der Waals surface area contributed by atoms with E-state index < -0.39 is 5.97 Å². The van der Waals surface area contributed by atoms with Crippen LogP contribution in [0.4, 0.5) is 5.69 Å². The summed E-state index contributed by atoms with van der Waals surface area (Å²) in [6, 6.07) is 4.90. The Kier molecular flexibility index (Phi) is 4.78. The number of nitrogens with one attached hydrogen (secondary N) is 1. The molecule has 5 heteroatoms. The van der Waals surface area contributed by atoms with Gasteiger partial charge in [0.1, 0.15) is 12.4 Å². The summed E-state index contributed by atoms with van der Waals surface area (Å²) in [5, 5.41) is 11.8. The molecule has 5 nitrogen and oxygen atoms in total. The summed E-state index contributed by atoms with van der Waals surface area (Å²) in [7, 11) is 5.62. The maximum absolute atomic E-state index is 10.9. The summed E-state index contributed by atoms with van der Waals surface area (Å²) in [5.74, 6) is -0.282. The number of benzene rings is 1. The van der Waals surface area contributed by atoms with Gasteiger partial charge in [0, 0.05) is 19.7 Å². The van der Waals surface area contributed by atoms with E-state index in [1.54, 1.807) is 25.2 Å². The van der Waals surface area contributed by atoms with Crippen molar-refractivity contribution in [1.29, 1.82) is 0 Å². The second-order valence-corrected chi connectivity index (χ2v) is 3.91. The molecule has 0 aliphatic carbocycles. The van der Waals surface area contributed by atoms with Gasteiger partial charge in [0.05, 0.1) is 11.3 Å². The molecule has 1 aromatic carbocycles. The van der Waals surface area contributed by atoms with Crippen LogP contribution in [0.1, 0.15) is 10.4 Å². The number of likely N-dealkylation sites (N-methyl/N-ethyl adjacent to an activating group) is 1. The Morgan fingerprint density at radius 2 is 2.18 bits per heavy atom. The highest BCUT2D eigenvalue weighted by atomic mass is 16.5. The van der Waals surface area contributed by atoms with Crippen LogP contribution < -0.4 is 10.1 Å². The van der Waals surface area contributed by atoms with Crippen LogP contribution in [-0.4, -0.2) is 50.3 Å². The van der Waals surface area contributed by atoms with Gasteiger partial charge in [-0.1, -0.05) is 0 Å². The highest BCUT2D eigenvalue weighted by Gasteiger charge is 2.09. The molecule has 0 aliphatic heterocycles. The molecule has 0 aliphatic rings. The fourth-order valence-electron chi connectivity index (χ4n) is 1.35. The first-order valence-corrected chi connectivity index (χ1v) is 5.37. The molecule has 0 aromatic heterocycles. The molecule has 0 saturated heterocycles. The monoisotopic (exact) mass is 238 g/mol. The van der Waals surface area contributed by atoms with Crippen molar-refractivity contribution in [3.63, 3.8) is 0 Å². The van der Waals surface area contributed by atoms with Gasteiger partial charge in [-0.3, -0.25) is 0 Å². The summed E-state index contributed by atoms with van der Waals surface area (Å²) in [6.45, 7) is 1.39. The third kappa shape index (κ3) is 3.96. The fraction of sp³-hybridized carbons (Fsp3) is 0.417. The Balaban J connectivity index is 2.72. The van der Waals surface area contributed by atoms with Crippen LogP contribution in [0.25, 0.3) is 0 Å². The summed E-state index contributed by atoms with van der Waals surface area (Å²) in [6.07, 6.45) is 0. The average Bonchev–Trinajstić information content (AvgIpc) is 2.28. The highest BCUT2D eigenvalue weighted by Crippen LogP contribution is 2.22. The van der Waals surface area contributed by atoms with Gasteiger partial charge < -0.3 is 20.1 Å². The number of carbonyl (C=O) groups is 1. The van der Waals surface area contributed by atoms with E-state index in [2.05, 4.69) is 5.32 Å². The van der Waals surface area contributed by atoms with Crippen molar-refractivity contribution in [2.24, 2.45) is 0 Å². The minimum absolute atomic E-state index is 0.243. The first kappa shape index (κ1) is 13.3. The molecule has 0 heterocycles. The van der Waals surface area contributed by atoms with Gasteiger partial charge in [0.15, 0.2) is 0 Å². The number of hydrogen-bond acceptors (Lipinski definition) is 4. The van der Waals surface area contributed by atoms with Crippen molar-refractivity contribution >= 4 is 11.7 Å². The predicted octanol–water partition coefficient (Wildman–Crippen LogP) is 1.37. The Hall–Kier alpha value is -1.75. The van der Waals surface area contributed by atoms with E-state index in [1.165, 1.54) is 0 Å². The Labute approximate surface area is 101 Å². The minimum atomic E-state index is -0.950. The lowest BCUT2D eigenvalue weighted by atomic mass is 10.1. The van der Waals surface area contributed by atoms with E-state index >= 15 is 0 Å². The van der Waals surface area contributed by atoms with Gasteiger partial charge in [-0.2, -0.15) is 0 Å². The van der Waals surface area contributed by atoms with Crippen LogP contribution in [0, 0.1) is 0 Å². The zero-order valence-electron chi connectivity index (χ0n) is 10.4. The molecule has 0 atom stereocenters. The van der Waals surface area contributed by atoms with Crippen LogP contribution in [0.5, 0.6) is 5.75 Å². The van der Waals surface area contributed by atoms with Crippen molar-refractivity contribution in [3.05, 3.63) is 23.8 Å². The number of rotatable bonds is 6. The first-order valence-electron chi connectivity index (χ1n) is 5.37. The van der Waals surface area contributed by atoms with Crippen LogP contribution in [0.15, 0.2) is 18.2 Å². The van der Waals surface area contributed by atoms with Gasteiger partial charge in [0.25, 0.3) is 0 Å². The van der Waals surface area contributed by atoms with Crippen LogP contribution in [0.2, 0.25) is 0 Å². The maximum atomic E-state index is 10.9. The second-order valence-electron chi connectivity index (χ2n) is 3.91. The van der Waals surface area contributed by atoms with Crippen molar-refractivity contribution in [3.8, 4) is 5.75 Å². The van der Waals surface area contributed by atoms with E-state index in [0.717, 1.165) is 6.54 Å². The number of aromatic carboxylic acids is 1. The van der Waals surface area contributed by atoms with Crippen molar-refractivity contribution in [2.75, 3.05) is 39.6 Å². The largest absolute Gasteiger partial charge is 0.492 e. The zero-order chi connectivity index (χ0) is 12.8. The van der Waals surface area contributed by atoms with Crippen LogP contribution >= 0.6 is 0 Å². The van der Waals surface area contributed by atoms with Gasteiger partial charge in [-0.05, 0) is 26.2 Å². The third-order valence-electron chi connectivity index (χ3n) is 2.30. The van der Waals surface area contributed by atoms with Crippen molar-refractivity contribution in [1.82, 2.24) is 4.90 Å². The molecule has 17 heavy (non-hydrogen) atoms. The van der Waals surface area contributed by atoms with E-state index in [4.69, 9.17) is 9.84 Å².